The van der Waals surface area contributed by atoms with E-state index in [-0.39, 0.29) is 38.0 Å². The normalized spacial score (nSPS) is 11.9. The molecule has 182 valence electrons. The maximum atomic E-state index is 11.5. The molecule has 0 saturated carbocycles. The third-order valence-corrected chi connectivity index (χ3v) is 4.81. The van der Waals surface area contributed by atoms with Crippen LogP contribution in [0.2, 0.25) is 0 Å². The molecule has 0 fully saturated rings. The predicted octanol–water partition coefficient (Wildman–Crippen LogP) is 7.81. The van der Waals surface area contributed by atoms with E-state index in [1.165, 1.54) is 11.6 Å². The molecule has 0 amide bonds. The van der Waals surface area contributed by atoms with Crippen molar-refractivity contribution in [3.63, 3.8) is 0 Å². The largest absolute Gasteiger partial charge is 0.512 e. The smallest absolute Gasteiger partial charge is 0.164 e. The van der Waals surface area contributed by atoms with Gasteiger partial charge in [-0.15, -0.1) is 35.9 Å². The molecule has 34 heavy (non-hydrogen) atoms. The molecule has 0 saturated heterocycles. The summed E-state index contributed by atoms with van der Waals surface area (Å²) in [4.78, 5) is 16.0. The molecule has 1 heterocycles. The average Bonchev–Trinajstić information content (AvgIpc) is 2.78. The first-order valence-corrected chi connectivity index (χ1v) is 11.1. The van der Waals surface area contributed by atoms with Gasteiger partial charge in [0, 0.05) is 44.2 Å². The van der Waals surface area contributed by atoms with Crippen LogP contribution in [0.1, 0.15) is 52.7 Å². The van der Waals surface area contributed by atoms with Crippen LogP contribution in [0.15, 0.2) is 84.8 Å². The second kappa shape index (κ2) is 13.2. The van der Waals surface area contributed by atoms with Gasteiger partial charge in [-0.1, -0.05) is 96.2 Å². The second-order valence-corrected chi connectivity index (χ2v) is 9.89. The molecule has 1 aromatic heterocycles. The molecule has 3 nitrogen and oxygen atoms in total. The van der Waals surface area contributed by atoms with Gasteiger partial charge in [-0.2, -0.15) is 0 Å². The summed E-state index contributed by atoms with van der Waals surface area (Å²) >= 11 is 0. The number of benzene rings is 2. The molecule has 0 aliphatic rings. The molecule has 0 aliphatic heterocycles. The number of pyridine rings is 1. The van der Waals surface area contributed by atoms with Crippen molar-refractivity contribution in [3.05, 3.63) is 102 Å². The first kappa shape index (κ1) is 29.3. The van der Waals surface area contributed by atoms with Gasteiger partial charge in [0.1, 0.15) is 5.76 Å². The number of ketones is 1. The Labute approximate surface area is 218 Å². The Hall–Kier alpha value is -2.77. The zero-order chi connectivity index (χ0) is 24.5. The van der Waals surface area contributed by atoms with E-state index in [2.05, 4.69) is 41.4 Å². The molecular weight excluding hydrogens is 601 g/mol. The number of carbonyl (C=O) groups excluding carboxylic acids is 1. The SMILES string of the molecule is CC(C)(C)C(=O)/C=C(\O)C(C)(C)C.[Pt].[c-]1ccccc1-c1ccc(/C=C/c2ccccc2)cn1. The summed E-state index contributed by atoms with van der Waals surface area (Å²) in [5.41, 5.74) is 3.48. The minimum absolute atomic E-state index is 0. The third kappa shape index (κ3) is 10.0. The minimum atomic E-state index is -0.417. The molecule has 0 spiro atoms. The van der Waals surface area contributed by atoms with Gasteiger partial charge in [0.15, 0.2) is 5.78 Å². The van der Waals surface area contributed by atoms with E-state index < -0.39 is 5.41 Å². The van der Waals surface area contributed by atoms with Crippen LogP contribution in [0.4, 0.5) is 0 Å². The molecule has 0 aliphatic carbocycles. The molecule has 3 aromatic rings. The molecule has 1 N–H and O–H groups in total. The molecule has 0 radical (unpaired) electrons. The summed E-state index contributed by atoms with van der Waals surface area (Å²) in [6.45, 7) is 11.1. The van der Waals surface area contributed by atoms with Crippen molar-refractivity contribution in [2.75, 3.05) is 0 Å². The summed E-state index contributed by atoms with van der Waals surface area (Å²) in [5.74, 6) is 0.104. The zero-order valence-corrected chi connectivity index (χ0v) is 23.1. The van der Waals surface area contributed by atoms with Gasteiger partial charge in [-0.3, -0.25) is 4.79 Å². The Bertz CT molecular complexity index is 1070. The Morgan fingerprint density at radius 3 is 1.94 bits per heavy atom. The van der Waals surface area contributed by atoms with E-state index in [1.807, 2.05) is 96.3 Å². The molecule has 0 unspecified atom stereocenters. The Morgan fingerprint density at radius 1 is 0.824 bits per heavy atom. The van der Waals surface area contributed by atoms with E-state index >= 15 is 0 Å². The van der Waals surface area contributed by atoms with E-state index in [9.17, 15) is 9.90 Å². The van der Waals surface area contributed by atoms with E-state index in [1.54, 1.807) is 0 Å². The number of nitrogens with zero attached hydrogens (tertiary/aromatic N) is 1. The van der Waals surface area contributed by atoms with Crippen LogP contribution in [0.3, 0.4) is 0 Å². The number of aromatic nitrogens is 1. The summed E-state index contributed by atoms with van der Waals surface area (Å²) in [5, 5.41) is 9.56. The van der Waals surface area contributed by atoms with Crippen LogP contribution in [0.25, 0.3) is 23.4 Å². The summed E-state index contributed by atoms with van der Waals surface area (Å²) < 4.78 is 0. The fourth-order valence-electron chi connectivity index (χ4n) is 2.53. The molecule has 0 atom stereocenters. The van der Waals surface area contributed by atoms with Crippen LogP contribution in [0.5, 0.6) is 0 Å². The van der Waals surface area contributed by atoms with Gasteiger partial charge >= 0.3 is 0 Å². The van der Waals surface area contributed by atoms with Crippen molar-refractivity contribution in [1.82, 2.24) is 4.98 Å². The van der Waals surface area contributed by atoms with Crippen molar-refractivity contribution >= 4 is 17.9 Å². The summed E-state index contributed by atoms with van der Waals surface area (Å²) in [6.07, 6.45) is 7.38. The summed E-state index contributed by atoms with van der Waals surface area (Å²) in [6, 6.07) is 25.4. The van der Waals surface area contributed by atoms with Crippen LogP contribution >= 0.6 is 0 Å². The molecule has 0 bridgehead atoms. The van der Waals surface area contributed by atoms with Crippen LogP contribution in [-0.4, -0.2) is 15.9 Å². The quantitative estimate of drug-likeness (QED) is 0.181. The van der Waals surface area contributed by atoms with Gasteiger partial charge in [0.25, 0.3) is 0 Å². The topological polar surface area (TPSA) is 50.2 Å². The fourth-order valence-corrected chi connectivity index (χ4v) is 2.53. The van der Waals surface area contributed by atoms with Crippen molar-refractivity contribution in [1.29, 1.82) is 0 Å². The number of carbonyl (C=O) groups is 1. The van der Waals surface area contributed by atoms with E-state index in [4.69, 9.17) is 0 Å². The number of allylic oxidation sites excluding steroid dienone is 2. The number of hydrogen-bond donors (Lipinski definition) is 1. The fraction of sp³-hybridized carbons (Fsp3) is 0.267. The maximum Gasteiger partial charge on any atom is 0.164 e. The first-order chi connectivity index (χ1) is 15.5. The van der Waals surface area contributed by atoms with Crippen LogP contribution in [-0.2, 0) is 25.9 Å². The number of rotatable bonds is 4. The van der Waals surface area contributed by atoms with Gasteiger partial charge in [0.05, 0.1) is 0 Å². The number of hydrogen-bond acceptors (Lipinski definition) is 3. The summed E-state index contributed by atoms with van der Waals surface area (Å²) in [7, 11) is 0. The van der Waals surface area contributed by atoms with Crippen molar-refractivity contribution in [3.8, 4) is 11.3 Å². The molecular formula is C30H34NO2Pt-. The number of aliphatic hydroxyl groups excluding tert-OH is 1. The standard InChI is InChI=1S/C19H14N.C11H20O2.Pt/c1-3-7-16(8-4-1)11-12-17-13-14-19(20-15-17)18-9-5-2-6-10-18;1-10(2,3)8(12)7-9(13)11(4,5)6;/h1-9,11-15H;7,12H,1-6H3;/q-1;;/b12-11+;8-7-;. The van der Waals surface area contributed by atoms with E-state index in [0.29, 0.717) is 0 Å². The van der Waals surface area contributed by atoms with Gasteiger partial charge in [-0.05, 0) is 16.8 Å². The third-order valence-electron chi connectivity index (χ3n) is 4.81. The predicted molar refractivity (Wildman–Crippen MR) is 139 cm³/mol. The van der Waals surface area contributed by atoms with Crippen LogP contribution in [0, 0.1) is 16.9 Å². The minimum Gasteiger partial charge on any atom is -0.512 e. The van der Waals surface area contributed by atoms with Gasteiger partial charge < -0.3 is 10.1 Å². The van der Waals surface area contributed by atoms with Crippen molar-refractivity contribution in [2.24, 2.45) is 10.8 Å². The zero-order valence-electron chi connectivity index (χ0n) is 20.8. The van der Waals surface area contributed by atoms with Gasteiger partial charge in [-0.25, -0.2) is 0 Å². The van der Waals surface area contributed by atoms with E-state index in [0.717, 1.165) is 16.8 Å². The average molecular weight is 636 g/mol. The molecule has 2 aromatic carbocycles. The van der Waals surface area contributed by atoms with Crippen molar-refractivity contribution in [2.45, 2.75) is 41.5 Å². The maximum absolute atomic E-state index is 11.5. The monoisotopic (exact) mass is 635 g/mol. The Morgan fingerprint density at radius 2 is 1.44 bits per heavy atom. The second-order valence-electron chi connectivity index (χ2n) is 9.89. The van der Waals surface area contributed by atoms with Gasteiger partial charge in [0.2, 0.25) is 0 Å². The number of aliphatic hydroxyl groups is 1. The Kier molecular flexibility index (Phi) is 11.4. The molecule has 4 heteroatoms. The van der Waals surface area contributed by atoms with Crippen molar-refractivity contribution < 1.29 is 31.0 Å². The Balaban J connectivity index is 0.000000364. The first-order valence-electron chi connectivity index (χ1n) is 11.1. The molecule has 3 rings (SSSR count). The van der Waals surface area contributed by atoms with Crippen LogP contribution < -0.4 is 0 Å².